The number of hydrogen-bond donors (Lipinski definition) is 0. The van der Waals surface area contributed by atoms with Gasteiger partial charge in [0.05, 0.1) is 19.1 Å². The third kappa shape index (κ3) is 4.33. The number of aromatic nitrogens is 1. The zero-order chi connectivity index (χ0) is 18.5. The van der Waals surface area contributed by atoms with E-state index in [4.69, 9.17) is 4.74 Å². The SMILES string of the molecule is Cc1cccc(=O)n1CCC(=O)N1CCC[C@@H](C(=O)N2CCOCC2)C1. The van der Waals surface area contributed by atoms with Crippen molar-refractivity contribution >= 4 is 11.8 Å². The summed E-state index contributed by atoms with van der Waals surface area (Å²) >= 11 is 0. The highest BCUT2D eigenvalue weighted by Gasteiger charge is 2.31. The number of morpholine rings is 1. The van der Waals surface area contributed by atoms with Crippen molar-refractivity contribution in [2.24, 2.45) is 5.92 Å². The van der Waals surface area contributed by atoms with E-state index in [2.05, 4.69) is 0 Å². The molecular formula is C19H27N3O4. The van der Waals surface area contributed by atoms with Gasteiger partial charge in [0.15, 0.2) is 0 Å². The van der Waals surface area contributed by atoms with E-state index in [9.17, 15) is 14.4 Å². The molecule has 0 spiro atoms. The van der Waals surface area contributed by atoms with Gasteiger partial charge in [-0.2, -0.15) is 0 Å². The fourth-order valence-corrected chi connectivity index (χ4v) is 3.72. The van der Waals surface area contributed by atoms with Gasteiger partial charge in [-0.1, -0.05) is 6.07 Å². The predicted octanol–water partition coefficient (Wildman–Crippen LogP) is 0.644. The van der Waals surface area contributed by atoms with E-state index in [1.807, 2.05) is 17.9 Å². The molecule has 2 aliphatic heterocycles. The van der Waals surface area contributed by atoms with Gasteiger partial charge < -0.3 is 19.1 Å². The molecule has 2 saturated heterocycles. The average molecular weight is 361 g/mol. The molecule has 26 heavy (non-hydrogen) atoms. The molecule has 0 saturated carbocycles. The number of carbonyl (C=O) groups is 2. The van der Waals surface area contributed by atoms with Crippen molar-refractivity contribution in [1.82, 2.24) is 14.4 Å². The van der Waals surface area contributed by atoms with E-state index in [0.29, 0.717) is 45.9 Å². The van der Waals surface area contributed by atoms with Gasteiger partial charge in [0.2, 0.25) is 11.8 Å². The number of aryl methyl sites for hydroxylation is 1. The largest absolute Gasteiger partial charge is 0.378 e. The van der Waals surface area contributed by atoms with Crippen LogP contribution in [0.3, 0.4) is 0 Å². The molecule has 0 aliphatic carbocycles. The minimum Gasteiger partial charge on any atom is -0.378 e. The van der Waals surface area contributed by atoms with E-state index >= 15 is 0 Å². The molecule has 1 aromatic heterocycles. The van der Waals surface area contributed by atoms with Gasteiger partial charge in [-0.15, -0.1) is 0 Å². The van der Waals surface area contributed by atoms with Crippen molar-refractivity contribution in [2.45, 2.75) is 32.7 Å². The van der Waals surface area contributed by atoms with E-state index in [1.165, 1.54) is 6.07 Å². The maximum Gasteiger partial charge on any atom is 0.250 e. The molecule has 2 fully saturated rings. The highest BCUT2D eigenvalue weighted by Crippen LogP contribution is 2.20. The second-order valence-electron chi connectivity index (χ2n) is 7.02. The molecule has 1 atom stereocenters. The van der Waals surface area contributed by atoms with Crippen LogP contribution < -0.4 is 5.56 Å². The standard InChI is InChI=1S/C19H27N3O4/c1-15-4-2-6-18(24)22(15)9-7-17(23)21-8-3-5-16(14-21)19(25)20-10-12-26-13-11-20/h2,4,6,16H,3,5,7-14H2,1H3/t16-/m1/s1. The molecule has 0 radical (unpaired) electrons. The summed E-state index contributed by atoms with van der Waals surface area (Å²) in [6.07, 6.45) is 1.96. The maximum atomic E-state index is 12.7. The summed E-state index contributed by atoms with van der Waals surface area (Å²) in [6.45, 7) is 5.87. The normalized spacial score (nSPS) is 20.9. The lowest BCUT2D eigenvalue weighted by Gasteiger charge is -2.36. The van der Waals surface area contributed by atoms with Crippen LogP contribution in [0.4, 0.5) is 0 Å². The van der Waals surface area contributed by atoms with Crippen LogP contribution >= 0.6 is 0 Å². The first-order valence-corrected chi connectivity index (χ1v) is 9.37. The zero-order valence-electron chi connectivity index (χ0n) is 15.4. The first kappa shape index (κ1) is 18.6. The monoisotopic (exact) mass is 361 g/mol. The van der Waals surface area contributed by atoms with Crippen LogP contribution in [-0.2, 0) is 20.9 Å². The molecule has 1 aromatic rings. The second-order valence-corrected chi connectivity index (χ2v) is 7.02. The molecule has 2 aliphatic rings. The smallest absolute Gasteiger partial charge is 0.250 e. The number of carbonyl (C=O) groups excluding carboxylic acids is 2. The lowest BCUT2D eigenvalue weighted by molar-refractivity contribution is -0.144. The number of likely N-dealkylation sites (tertiary alicyclic amines) is 1. The number of ether oxygens (including phenoxy) is 1. The molecule has 3 rings (SSSR count). The van der Waals surface area contributed by atoms with E-state index in [-0.39, 0.29) is 29.7 Å². The van der Waals surface area contributed by atoms with Gasteiger partial charge >= 0.3 is 0 Å². The summed E-state index contributed by atoms with van der Waals surface area (Å²) in [5.74, 6) is 0.0348. The summed E-state index contributed by atoms with van der Waals surface area (Å²) in [5, 5.41) is 0. The molecule has 0 aromatic carbocycles. The van der Waals surface area contributed by atoms with Crippen LogP contribution in [0, 0.1) is 12.8 Å². The van der Waals surface area contributed by atoms with Gasteiger partial charge in [0.1, 0.15) is 0 Å². The summed E-state index contributed by atoms with van der Waals surface area (Å²) in [5.41, 5.74) is 0.765. The lowest BCUT2D eigenvalue weighted by Crippen LogP contribution is -2.49. The van der Waals surface area contributed by atoms with E-state index in [0.717, 1.165) is 18.5 Å². The molecular weight excluding hydrogens is 334 g/mol. The Hall–Kier alpha value is -2.15. The number of amides is 2. The number of nitrogens with zero attached hydrogens (tertiary/aromatic N) is 3. The Bertz CT molecular complexity index is 709. The van der Waals surface area contributed by atoms with Crippen molar-refractivity contribution in [2.75, 3.05) is 39.4 Å². The number of pyridine rings is 1. The van der Waals surface area contributed by atoms with E-state index in [1.54, 1.807) is 15.5 Å². The van der Waals surface area contributed by atoms with Crippen LogP contribution in [0.5, 0.6) is 0 Å². The van der Waals surface area contributed by atoms with Crippen LogP contribution in [0.25, 0.3) is 0 Å². The third-order valence-electron chi connectivity index (χ3n) is 5.26. The molecule has 142 valence electrons. The Balaban J connectivity index is 1.56. The Kier molecular flexibility index (Phi) is 6.08. The van der Waals surface area contributed by atoms with Crippen molar-refractivity contribution in [3.63, 3.8) is 0 Å². The molecule has 0 unspecified atom stereocenters. The summed E-state index contributed by atoms with van der Waals surface area (Å²) in [4.78, 5) is 40.8. The van der Waals surface area contributed by atoms with Gasteiger partial charge in [-0.05, 0) is 25.8 Å². The maximum absolute atomic E-state index is 12.7. The topological polar surface area (TPSA) is 71.9 Å². The van der Waals surface area contributed by atoms with Gasteiger partial charge in [-0.25, -0.2) is 0 Å². The number of piperidine rings is 1. The Morgan fingerprint density at radius 1 is 1.15 bits per heavy atom. The molecule has 3 heterocycles. The molecule has 7 nitrogen and oxygen atoms in total. The highest BCUT2D eigenvalue weighted by molar-refractivity contribution is 5.81. The third-order valence-corrected chi connectivity index (χ3v) is 5.26. The molecule has 2 amide bonds. The van der Waals surface area contributed by atoms with Crippen molar-refractivity contribution in [1.29, 1.82) is 0 Å². The fraction of sp³-hybridized carbons (Fsp3) is 0.632. The van der Waals surface area contributed by atoms with Crippen molar-refractivity contribution in [3.05, 3.63) is 34.2 Å². The second kappa shape index (κ2) is 8.49. The van der Waals surface area contributed by atoms with E-state index < -0.39 is 0 Å². The van der Waals surface area contributed by atoms with Crippen LogP contribution in [-0.4, -0.2) is 65.6 Å². The number of rotatable bonds is 4. The Morgan fingerprint density at radius 3 is 2.65 bits per heavy atom. The summed E-state index contributed by atoms with van der Waals surface area (Å²) in [6, 6.07) is 5.10. The average Bonchev–Trinajstić information content (AvgIpc) is 2.67. The summed E-state index contributed by atoms with van der Waals surface area (Å²) < 4.78 is 6.93. The van der Waals surface area contributed by atoms with Crippen LogP contribution in [0.1, 0.15) is 25.0 Å². The van der Waals surface area contributed by atoms with Gasteiger partial charge in [0.25, 0.3) is 5.56 Å². The predicted molar refractivity (Wildman–Crippen MR) is 96.8 cm³/mol. The first-order valence-electron chi connectivity index (χ1n) is 9.37. The molecule has 0 N–H and O–H groups in total. The summed E-state index contributed by atoms with van der Waals surface area (Å²) in [7, 11) is 0. The zero-order valence-corrected chi connectivity index (χ0v) is 15.4. The Morgan fingerprint density at radius 2 is 1.92 bits per heavy atom. The first-order chi connectivity index (χ1) is 12.6. The van der Waals surface area contributed by atoms with Crippen molar-refractivity contribution < 1.29 is 14.3 Å². The van der Waals surface area contributed by atoms with Crippen LogP contribution in [0.2, 0.25) is 0 Å². The lowest BCUT2D eigenvalue weighted by atomic mass is 9.96. The highest BCUT2D eigenvalue weighted by atomic mass is 16.5. The minimum atomic E-state index is -0.119. The minimum absolute atomic E-state index is 0.0135. The quantitative estimate of drug-likeness (QED) is 0.789. The molecule has 7 heteroatoms. The van der Waals surface area contributed by atoms with Gasteiger partial charge in [0, 0.05) is 50.9 Å². The van der Waals surface area contributed by atoms with Gasteiger partial charge in [-0.3, -0.25) is 14.4 Å². The fourth-order valence-electron chi connectivity index (χ4n) is 3.72. The van der Waals surface area contributed by atoms with Crippen LogP contribution in [0.15, 0.2) is 23.0 Å². The Labute approximate surface area is 153 Å². The number of hydrogen-bond acceptors (Lipinski definition) is 4. The van der Waals surface area contributed by atoms with Crippen molar-refractivity contribution in [3.8, 4) is 0 Å². The molecule has 0 bridgehead atoms.